The van der Waals surface area contributed by atoms with Crippen molar-refractivity contribution in [2.75, 3.05) is 10.0 Å². The molecule has 3 rings (SSSR count). The van der Waals surface area contributed by atoms with Gasteiger partial charge >= 0.3 is 0 Å². The molecule has 7 nitrogen and oxygen atoms in total. The van der Waals surface area contributed by atoms with Crippen LogP contribution in [0.1, 0.15) is 15.9 Å². The Morgan fingerprint density at radius 2 is 1.67 bits per heavy atom. The number of para-hydroxylation sites is 1. The minimum absolute atomic E-state index is 0.0292. The van der Waals surface area contributed by atoms with Crippen molar-refractivity contribution in [1.82, 2.24) is 0 Å². The highest BCUT2D eigenvalue weighted by molar-refractivity contribution is 7.92. The summed E-state index contributed by atoms with van der Waals surface area (Å²) in [5.41, 5.74) is 1.39. The number of nitrogens with one attached hydrogen (secondary N) is 2. The molecule has 0 bridgehead atoms. The Hall–Kier alpha value is -2.94. The Morgan fingerprint density at radius 3 is 2.33 bits per heavy atom. The highest BCUT2D eigenvalue weighted by Gasteiger charge is 2.23. The Bertz CT molecular complexity index is 1230. The average molecular weight is 464 g/mol. The molecule has 1 amide bonds. The van der Waals surface area contributed by atoms with Crippen LogP contribution >= 0.6 is 23.2 Å². The van der Waals surface area contributed by atoms with E-state index < -0.39 is 15.9 Å². The van der Waals surface area contributed by atoms with Crippen LogP contribution in [0.25, 0.3) is 0 Å². The van der Waals surface area contributed by atoms with E-state index in [1.54, 1.807) is 43.3 Å². The van der Waals surface area contributed by atoms with E-state index in [4.69, 9.17) is 23.2 Å². The summed E-state index contributed by atoms with van der Waals surface area (Å²) >= 11 is 12.2. The van der Waals surface area contributed by atoms with Crippen LogP contribution < -0.4 is 10.0 Å². The van der Waals surface area contributed by atoms with Gasteiger partial charge in [-0.05, 0) is 54.1 Å². The summed E-state index contributed by atoms with van der Waals surface area (Å²) < 4.78 is 28.0. The molecule has 0 radical (unpaired) electrons. The van der Waals surface area contributed by atoms with Crippen molar-refractivity contribution in [3.8, 4) is 0 Å². The van der Waals surface area contributed by atoms with Crippen LogP contribution in [0.4, 0.5) is 17.1 Å². The lowest BCUT2D eigenvalue weighted by Crippen LogP contribution is -2.17. The first-order valence-corrected chi connectivity index (χ1v) is 10.8. The van der Waals surface area contributed by atoms with E-state index in [0.717, 1.165) is 6.07 Å². The zero-order valence-corrected chi connectivity index (χ0v) is 17.8. The first kappa shape index (κ1) is 21.8. The van der Waals surface area contributed by atoms with E-state index in [2.05, 4.69) is 15.2 Å². The topological polar surface area (TPSA) is 105 Å². The van der Waals surface area contributed by atoms with E-state index in [-0.39, 0.29) is 26.2 Å². The van der Waals surface area contributed by atoms with Crippen molar-refractivity contribution in [2.24, 2.45) is 5.18 Å². The second-order valence-corrected chi connectivity index (χ2v) is 8.74. The maximum Gasteiger partial charge on any atom is 0.263 e. The Kier molecular flexibility index (Phi) is 6.40. The lowest BCUT2D eigenvalue weighted by Gasteiger charge is -2.13. The van der Waals surface area contributed by atoms with Gasteiger partial charge in [-0.2, -0.15) is 0 Å². The highest BCUT2D eigenvalue weighted by Crippen LogP contribution is 2.31. The Morgan fingerprint density at radius 1 is 0.967 bits per heavy atom. The number of carbonyl (C=O) groups excluding carboxylic acids is 1. The molecule has 0 spiro atoms. The summed E-state index contributed by atoms with van der Waals surface area (Å²) in [7, 11) is -4.09. The van der Waals surface area contributed by atoms with Crippen LogP contribution in [-0.2, 0) is 10.0 Å². The second-order valence-electron chi connectivity index (χ2n) is 6.28. The maximum absolute atomic E-state index is 12.8. The van der Waals surface area contributed by atoms with Crippen molar-refractivity contribution >= 4 is 56.2 Å². The minimum Gasteiger partial charge on any atom is -0.322 e. The minimum atomic E-state index is -4.09. The number of anilines is 2. The molecular weight excluding hydrogens is 449 g/mol. The normalized spacial score (nSPS) is 11.0. The van der Waals surface area contributed by atoms with Crippen molar-refractivity contribution in [1.29, 1.82) is 0 Å². The molecule has 0 heterocycles. The van der Waals surface area contributed by atoms with Gasteiger partial charge in [0.05, 0.1) is 15.6 Å². The fraction of sp³-hybridized carbons (Fsp3) is 0.0500. The van der Waals surface area contributed by atoms with Crippen LogP contribution in [0.15, 0.2) is 70.7 Å². The zero-order chi connectivity index (χ0) is 21.9. The molecule has 2 N–H and O–H groups in total. The monoisotopic (exact) mass is 463 g/mol. The number of amides is 1. The van der Waals surface area contributed by atoms with E-state index in [1.807, 2.05) is 0 Å². The van der Waals surface area contributed by atoms with Crippen molar-refractivity contribution in [3.63, 3.8) is 0 Å². The number of hydrogen-bond donors (Lipinski definition) is 2. The highest BCUT2D eigenvalue weighted by atomic mass is 35.5. The fourth-order valence-corrected chi connectivity index (χ4v) is 4.54. The van der Waals surface area contributed by atoms with Gasteiger partial charge in [-0.25, -0.2) is 8.42 Å². The van der Waals surface area contributed by atoms with Gasteiger partial charge in [0.1, 0.15) is 10.6 Å². The van der Waals surface area contributed by atoms with Gasteiger partial charge in [0, 0.05) is 11.4 Å². The van der Waals surface area contributed by atoms with Gasteiger partial charge in [-0.3, -0.25) is 9.52 Å². The molecule has 0 atom stereocenters. The van der Waals surface area contributed by atoms with E-state index >= 15 is 0 Å². The second kappa shape index (κ2) is 8.83. The number of hydrogen-bond acceptors (Lipinski definition) is 5. The molecule has 0 unspecified atom stereocenters. The van der Waals surface area contributed by atoms with E-state index in [9.17, 15) is 18.1 Å². The van der Waals surface area contributed by atoms with Gasteiger partial charge in [0.15, 0.2) is 0 Å². The third kappa shape index (κ3) is 4.79. The molecular formula is C20H15Cl2N3O4S. The maximum atomic E-state index is 12.8. The summed E-state index contributed by atoms with van der Waals surface area (Å²) in [6.45, 7) is 1.73. The lowest BCUT2D eigenvalue weighted by molar-refractivity contribution is 0.102. The first-order valence-electron chi connectivity index (χ1n) is 8.53. The summed E-state index contributed by atoms with van der Waals surface area (Å²) in [6, 6.07) is 15.1. The molecule has 0 fully saturated rings. The van der Waals surface area contributed by atoms with E-state index in [0.29, 0.717) is 16.9 Å². The molecule has 0 saturated carbocycles. The molecule has 0 aromatic heterocycles. The fourth-order valence-electron chi connectivity index (χ4n) is 2.62. The largest absolute Gasteiger partial charge is 0.322 e. The number of sulfonamides is 1. The molecule has 10 heteroatoms. The molecule has 0 aliphatic rings. The summed E-state index contributed by atoms with van der Waals surface area (Å²) in [5.74, 6) is -0.668. The van der Waals surface area contributed by atoms with Crippen molar-refractivity contribution in [3.05, 3.63) is 86.7 Å². The van der Waals surface area contributed by atoms with Gasteiger partial charge < -0.3 is 5.32 Å². The van der Waals surface area contributed by atoms with Crippen LogP contribution in [-0.4, -0.2) is 14.3 Å². The number of halogens is 2. The quantitative estimate of drug-likeness (QED) is 0.453. The molecule has 30 heavy (non-hydrogen) atoms. The van der Waals surface area contributed by atoms with Gasteiger partial charge in [0.25, 0.3) is 15.9 Å². The van der Waals surface area contributed by atoms with Crippen molar-refractivity contribution in [2.45, 2.75) is 11.8 Å². The van der Waals surface area contributed by atoms with Crippen LogP contribution in [0, 0.1) is 11.8 Å². The predicted molar refractivity (Wildman–Crippen MR) is 118 cm³/mol. The molecule has 154 valence electrons. The van der Waals surface area contributed by atoms with Gasteiger partial charge in [-0.15, -0.1) is 4.91 Å². The number of carbonyl (C=O) groups is 1. The SMILES string of the molecule is Cc1ccc(N=O)cc1NC(=O)c1cc(S(=O)(=O)Nc2ccccc2)c(Cl)cc1Cl. The Labute approximate surface area is 183 Å². The predicted octanol–water partition coefficient (Wildman–Crippen LogP) is 5.75. The van der Waals surface area contributed by atoms with Crippen LogP contribution in [0.5, 0.6) is 0 Å². The molecule has 3 aromatic carbocycles. The van der Waals surface area contributed by atoms with Crippen molar-refractivity contribution < 1.29 is 13.2 Å². The third-order valence-corrected chi connectivity index (χ3v) is 6.32. The van der Waals surface area contributed by atoms with Crippen LogP contribution in [0.3, 0.4) is 0 Å². The number of nitrogens with zero attached hydrogens (tertiary/aromatic N) is 1. The third-order valence-electron chi connectivity index (χ3n) is 4.16. The summed E-state index contributed by atoms with van der Waals surface area (Å²) in [5, 5.41) is 5.28. The molecule has 0 saturated heterocycles. The molecule has 0 aliphatic carbocycles. The zero-order valence-electron chi connectivity index (χ0n) is 15.5. The number of benzene rings is 3. The smallest absolute Gasteiger partial charge is 0.263 e. The summed E-state index contributed by atoms with van der Waals surface area (Å²) in [4.78, 5) is 23.2. The average Bonchev–Trinajstić information content (AvgIpc) is 2.69. The summed E-state index contributed by atoms with van der Waals surface area (Å²) in [6.07, 6.45) is 0. The van der Waals surface area contributed by atoms with Gasteiger partial charge in [-0.1, -0.05) is 47.5 Å². The number of aryl methyl sites for hydroxylation is 1. The molecule has 3 aromatic rings. The van der Waals surface area contributed by atoms with E-state index in [1.165, 1.54) is 18.2 Å². The number of rotatable bonds is 6. The number of nitroso groups, excluding NO2 is 1. The van der Waals surface area contributed by atoms with Crippen LogP contribution in [0.2, 0.25) is 10.0 Å². The lowest BCUT2D eigenvalue weighted by atomic mass is 10.1. The standard InChI is InChI=1S/C20H15Cl2N3O4S/c1-12-7-8-14(24-27)9-18(12)23-20(26)15-10-19(17(22)11-16(15)21)30(28,29)25-13-5-3-2-4-6-13/h2-11,25H,1H3,(H,23,26). The first-order chi connectivity index (χ1) is 14.2. The van der Waals surface area contributed by atoms with Gasteiger partial charge in [0.2, 0.25) is 0 Å². The molecule has 0 aliphatic heterocycles. The Balaban J connectivity index is 1.97.